The number of carbonyl (C=O) groups is 1. The summed E-state index contributed by atoms with van der Waals surface area (Å²) in [5, 5.41) is 9.10. The summed E-state index contributed by atoms with van der Waals surface area (Å²) >= 11 is 3.50. The van der Waals surface area contributed by atoms with Gasteiger partial charge >= 0.3 is 5.97 Å². The molecule has 4 heteroatoms. The lowest BCUT2D eigenvalue weighted by Gasteiger charge is -2.14. The van der Waals surface area contributed by atoms with Gasteiger partial charge in [0.1, 0.15) is 6.07 Å². The van der Waals surface area contributed by atoms with E-state index in [9.17, 15) is 4.79 Å². The van der Waals surface area contributed by atoms with Crippen molar-refractivity contribution in [2.24, 2.45) is 0 Å². The molecular formula is C12H13NO2S. The van der Waals surface area contributed by atoms with Crippen LogP contribution in [0.1, 0.15) is 38.2 Å². The maximum atomic E-state index is 11.6. The average molecular weight is 235 g/mol. The molecule has 1 aromatic rings. The van der Waals surface area contributed by atoms with Gasteiger partial charge in [0.15, 0.2) is 0 Å². The maximum absolute atomic E-state index is 11.6. The first-order valence-electron chi connectivity index (χ1n) is 4.81. The summed E-state index contributed by atoms with van der Waals surface area (Å²) in [6.45, 7) is 7.50. The van der Waals surface area contributed by atoms with Crippen LogP contribution in [0.2, 0.25) is 0 Å². The van der Waals surface area contributed by atoms with Crippen molar-refractivity contribution in [3.63, 3.8) is 0 Å². The smallest absolute Gasteiger partial charge is 0.351 e. The molecule has 0 radical (unpaired) electrons. The minimum atomic E-state index is -0.580. The molecule has 0 amide bonds. The Morgan fingerprint density at radius 2 is 1.62 bits per heavy atom. The van der Waals surface area contributed by atoms with Crippen molar-refractivity contribution in [3.05, 3.63) is 33.4 Å². The van der Waals surface area contributed by atoms with E-state index >= 15 is 0 Å². The van der Waals surface area contributed by atoms with Crippen LogP contribution < -0.4 is 0 Å². The van der Waals surface area contributed by atoms with Crippen molar-refractivity contribution in [3.8, 4) is 6.07 Å². The van der Waals surface area contributed by atoms with Gasteiger partial charge in [0.25, 0.3) is 0 Å². The summed E-state index contributed by atoms with van der Waals surface area (Å²) in [6, 6.07) is 2.05. The number of carbonyl (C=O) groups excluding carboxylic acids is 1. The largest absolute Gasteiger partial charge is 0.391 e. The normalized spacial score (nSPS) is 9.75. The Balaban J connectivity index is 3.73. The van der Waals surface area contributed by atoms with Crippen molar-refractivity contribution in [2.75, 3.05) is 0 Å². The van der Waals surface area contributed by atoms with Crippen LogP contribution in [0.15, 0.2) is 0 Å². The second kappa shape index (κ2) is 4.58. The van der Waals surface area contributed by atoms with Crippen molar-refractivity contribution < 1.29 is 8.98 Å². The van der Waals surface area contributed by atoms with E-state index in [0.717, 1.165) is 22.3 Å². The first kappa shape index (κ1) is 12.6. The Bertz CT molecular complexity index is 501. The van der Waals surface area contributed by atoms with Crippen LogP contribution in [-0.2, 0) is 4.18 Å². The maximum Gasteiger partial charge on any atom is 0.351 e. The highest BCUT2D eigenvalue weighted by Crippen LogP contribution is 2.26. The van der Waals surface area contributed by atoms with E-state index in [1.165, 1.54) is 0 Å². The number of hydrogen-bond donors (Lipinski definition) is 1. The van der Waals surface area contributed by atoms with E-state index in [2.05, 4.69) is 23.2 Å². The molecule has 0 N–H and O–H groups in total. The molecule has 0 fully saturated rings. The fourth-order valence-electron chi connectivity index (χ4n) is 1.75. The molecular weight excluding hydrogens is 222 g/mol. The number of thiol groups is 1. The fourth-order valence-corrected chi connectivity index (χ4v) is 1.84. The van der Waals surface area contributed by atoms with Crippen LogP contribution in [0.25, 0.3) is 0 Å². The van der Waals surface area contributed by atoms with Crippen LogP contribution in [0.5, 0.6) is 0 Å². The van der Waals surface area contributed by atoms with Crippen molar-refractivity contribution in [1.29, 1.82) is 5.26 Å². The van der Waals surface area contributed by atoms with Crippen molar-refractivity contribution in [1.82, 2.24) is 0 Å². The fraction of sp³-hybridized carbons (Fsp3) is 0.333. The van der Waals surface area contributed by atoms with Gasteiger partial charge in [-0.05, 0) is 49.9 Å². The Morgan fingerprint density at radius 1 is 1.12 bits per heavy atom. The molecule has 0 spiro atoms. The predicted octanol–water partition coefficient (Wildman–Crippen LogP) is 2.79. The summed E-state index contributed by atoms with van der Waals surface area (Å²) in [6.07, 6.45) is 0. The molecule has 0 heterocycles. The number of hydrogen-bond acceptors (Lipinski definition) is 4. The second-order valence-corrected chi connectivity index (χ2v) is 3.92. The molecule has 0 unspecified atom stereocenters. The first-order chi connectivity index (χ1) is 7.45. The van der Waals surface area contributed by atoms with Gasteiger partial charge in [-0.3, -0.25) is 0 Å². The number of nitriles is 1. The van der Waals surface area contributed by atoms with Gasteiger partial charge < -0.3 is 4.18 Å². The zero-order chi connectivity index (χ0) is 12.5. The summed E-state index contributed by atoms with van der Waals surface area (Å²) in [7, 11) is 0. The highest BCUT2D eigenvalue weighted by Gasteiger charge is 2.21. The van der Waals surface area contributed by atoms with Crippen LogP contribution in [0, 0.1) is 39.0 Å². The second-order valence-electron chi connectivity index (χ2n) is 3.74. The standard InChI is InChI=1S/C12H13NO2S/c1-6-7(2)9(4)11(12(14)15-16)10(5-13)8(6)3/h16H,1-4H3. The summed E-state index contributed by atoms with van der Waals surface area (Å²) in [4.78, 5) is 11.6. The third-order valence-electron chi connectivity index (χ3n) is 3.09. The van der Waals surface area contributed by atoms with Gasteiger partial charge in [0.05, 0.1) is 11.1 Å². The van der Waals surface area contributed by atoms with Gasteiger partial charge in [0, 0.05) is 12.9 Å². The molecule has 84 valence electrons. The Hall–Kier alpha value is -1.47. The molecule has 0 aliphatic rings. The van der Waals surface area contributed by atoms with Crippen LogP contribution in [0.4, 0.5) is 0 Å². The van der Waals surface area contributed by atoms with Gasteiger partial charge in [-0.25, -0.2) is 4.79 Å². The molecule has 16 heavy (non-hydrogen) atoms. The third-order valence-corrected chi connectivity index (χ3v) is 3.25. The third kappa shape index (κ3) is 1.79. The van der Waals surface area contributed by atoms with Gasteiger partial charge in [-0.15, -0.1) is 0 Å². The zero-order valence-electron chi connectivity index (χ0n) is 9.71. The molecule has 0 aliphatic carbocycles. The average Bonchev–Trinajstić information content (AvgIpc) is 2.29. The molecule has 0 saturated heterocycles. The van der Waals surface area contributed by atoms with E-state index in [1.807, 2.05) is 27.7 Å². The minimum Gasteiger partial charge on any atom is -0.391 e. The van der Waals surface area contributed by atoms with E-state index in [-0.39, 0.29) is 0 Å². The lowest BCUT2D eigenvalue weighted by molar-refractivity contribution is 0.0771. The molecule has 1 aromatic carbocycles. The van der Waals surface area contributed by atoms with E-state index in [0.29, 0.717) is 11.1 Å². The number of nitrogens with zero attached hydrogens (tertiary/aromatic N) is 1. The van der Waals surface area contributed by atoms with Crippen molar-refractivity contribution in [2.45, 2.75) is 27.7 Å². The Labute approximate surface area is 101 Å². The highest BCUT2D eigenvalue weighted by molar-refractivity contribution is 7.75. The van der Waals surface area contributed by atoms with Gasteiger partial charge in [-0.2, -0.15) is 5.26 Å². The quantitative estimate of drug-likeness (QED) is 0.601. The molecule has 1 rings (SSSR count). The first-order valence-corrected chi connectivity index (χ1v) is 5.18. The molecule has 0 bridgehead atoms. The topological polar surface area (TPSA) is 50.1 Å². The summed E-state index contributed by atoms with van der Waals surface area (Å²) in [5.41, 5.74) is 4.32. The Kier molecular flexibility index (Phi) is 3.61. The lowest BCUT2D eigenvalue weighted by Crippen LogP contribution is -2.09. The lowest BCUT2D eigenvalue weighted by atomic mass is 9.89. The Morgan fingerprint density at radius 3 is 2.06 bits per heavy atom. The molecule has 0 atom stereocenters. The van der Waals surface area contributed by atoms with E-state index < -0.39 is 5.97 Å². The molecule has 3 nitrogen and oxygen atoms in total. The summed E-state index contributed by atoms with van der Waals surface area (Å²) in [5.74, 6) is -0.580. The monoisotopic (exact) mass is 235 g/mol. The molecule has 0 saturated carbocycles. The summed E-state index contributed by atoms with van der Waals surface area (Å²) < 4.78 is 4.41. The molecule has 0 aromatic heterocycles. The van der Waals surface area contributed by atoms with Crippen LogP contribution in [-0.4, -0.2) is 5.97 Å². The minimum absolute atomic E-state index is 0.318. The van der Waals surface area contributed by atoms with Crippen LogP contribution in [0.3, 0.4) is 0 Å². The van der Waals surface area contributed by atoms with Crippen molar-refractivity contribution >= 4 is 18.9 Å². The van der Waals surface area contributed by atoms with Gasteiger partial charge in [-0.1, -0.05) is 0 Å². The van der Waals surface area contributed by atoms with E-state index in [1.54, 1.807) is 0 Å². The zero-order valence-corrected chi connectivity index (χ0v) is 10.6. The number of rotatable bonds is 1. The van der Waals surface area contributed by atoms with Crippen LogP contribution >= 0.6 is 12.9 Å². The molecule has 0 aliphatic heterocycles. The predicted molar refractivity (Wildman–Crippen MR) is 64.5 cm³/mol. The SMILES string of the molecule is Cc1c(C)c(C)c(C(=O)OS)c(C#N)c1C. The van der Waals surface area contributed by atoms with E-state index in [4.69, 9.17) is 5.26 Å². The number of benzene rings is 1. The highest BCUT2D eigenvalue weighted by atomic mass is 32.1. The van der Waals surface area contributed by atoms with Gasteiger partial charge in [0.2, 0.25) is 0 Å².